The van der Waals surface area contributed by atoms with E-state index in [2.05, 4.69) is 34.4 Å². The highest BCUT2D eigenvalue weighted by Crippen LogP contribution is 2.21. The van der Waals surface area contributed by atoms with Crippen molar-refractivity contribution in [2.75, 3.05) is 32.2 Å². The minimum atomic E-state index is 0.722. The van der Waals surface area contributed by atoms with E-state index in [0.717, 1.165) is 48.5 Å². The standard InChI is InChI=1S/C15H22N4O/c1-3-19(8-9-20-2)11-13-10-12-6-4-5-7-14(12)17-15(13)18-16/h4-7,10H,3,8-9,11,16H2,1-2H3,(H,17,18). The fraction of sp³-hybridized carbons (Fsp3) is 0.400. The van der Waals surface area contributed by atoms with Crippen LogP contribution in [0.2, 0.25) is 0 Å². The van der Waals surface area contributed by atoms with Crippen LogP contribution in [0.3, 0.4) is 0 Å². The summed E-state index contributed by atoms with van der Waals surface area (Å²) in [6.45, 7) is 5.52. The van der Waals surface area contributed by atoms with Gasteiger partial charge in [0, 0.05) is 31.1 Å². The number of methoxy groups -OCH3 is 1. The number of nitrogens with zero attached hydrogens (tertiary/aromatic N) is 2. The summed E-state index contributed by atoms with van der Waals surface area (Å²) in [4.78, 5) is 6.87. The van der Waals surface area contributed by atoms with Gasteiger partial charge in [-0.25, -0.2) is 10.8 Å². The van der Waals surface area contributed by atoms with Crippen LogP contribution in [0.25, 0.3) is 10.9 Å². The maximum atomic E-state index is 5.60. The number of pyridine rings is 1. The van der Waals surface area contributed by atoms with E-state index in [4.69, 9.17) is 10.6 Å². The molecule has 1 aromatic heterocycles. The number of nitrogens with two attached hydrogens (primary N) is 1. The molecule has 20 heavy (non-hydrogen) atoms. The first-order valence-corrected chi connectivity index (χ1v) is 6.85. The number of rotatable bonds is 7. The molecule has 1 aromatic carbocycles. The Bertz CT molecular complexity index is 559. The number of hydrogen-bond donors (Lipinski definition) is 2. The zero-order valence-corrected chi connectivity index (χ0v) is 12.1. The van der Waals surface area contributed by atoms with Gasteiger partial charge >= 0.3 is 0 Å². The molecule has 0 aliphatic rings. The number of likely N-dealkylation sites (N-methyl/N-ethyl adjacent to an activating group) is 1. The van der Waals surface area contributed by atoms with Crippen LogP contribution in [-0.2, 0) is 11.3 Å². The molecule has 0 atom stereocenters. The Hall–Kier alpha value is -1.69. The number of nitrogens with one attached hydrogen (secondary N) is 1. The van der Waals surface area contributed by atoms with Gasteiger partial charge in [-0.2, -0.15) is 0 Å². The van der Waals surface area contributed by atoms with Crippen molar-refractivity contribution in [1.82, 2.24) is 9.88 Å². The second kappa shape index (κ2) is 7.19. The number of ether oxygens (including phenoxy) is 1. The van der Waals surface area contributed by atoms with Crippen LogP contribution >= 0.6 is 0 Å². The Morgan fingerprint density at radius 1 is 1.35 bits per heavy atom. The normalized spacial score (nSPS) is 11.2. The van der Waals surface area contributed by atoms with Gasteiger partial charge in [0.15, 0.2) is 0 Å². The third-order valence-corrected chi connectivity index (χ3v) is 3.39. The number of para-hydroxylation sites is 1. The SMILES string of the molecule is CCN(CCOC)Cc1cc2ccccc2nc1NN. The van der Waals surface area contributed by atoms with E-state index < -0.39 is 0 Å². The molecule has 0 spiro atoms. The monoisotopic (exact) mass is 274 g/mol. The van der Waals surface area contributed by atoms with E-state index in [1.807, 2.05) is 18.2 Å². The van der Waals surface area contributed by atoms with Gasteiger partial charge in [0.05, 0.1) is 12.1 Å². The average molecular weight is 274 g/mol. The van der Waals surface area contributed by atoms with E-state index in [-0.39, 0.29) is 0 Å². The molecule has 0 amide bonds. The fourth-order valence-corrected chi connectivity index (χ4v) is 2.22. The molecular weight excluding hydrogens is 252 g/mol. The second-order valence-electron chi connectivity index (χ2n) is 4.69. The van der Waals surface area contributed by atoms with Crippen molar-refractivity contribution >= 4 is 16.7 Å². The summed E-state index contributed by atoms with van der Waals surface area (Å²) in [5, 5.41) is 1.13. The summed E-state index contributed by atoms with van der Waals surface area (Å²) in [6.07, 6.45) is 0. The molecule has 0 fully saturated rings. The van der Waals surface area contributed by atoms with Crippen LogP contribution in [0.1, 0.15) is 12.5 Å². The van der Waals surface area contributed by atoms with Crippen LogP contribution < -0.4 is 11.3 Å². The van der Waals surface area contributed by atoms with E-state index >= 15 is 0 Å². The number of nitrogen functional groups attached to an aromatic ring is 1. The van der Waals surface area contributed by atoms with Crippen molar-refractivity contribution in [2.24, 2.45) is 5.84 Å². The van der Waals surface area contributed by atoms with Crippen LogP contribution in [0.4, 0.5) is 5.82 Å². The lowest BCUT2D eigenvalue weighted by Crippen LogP contribution is -2.27. The molecule has 108 valence electrons. The van der Waals surface area contributed by atoms with Gasteiger partial charge in [0.25, 0.3) is 0 Å². The molecule has 0 aliphatic heterocycles. The largest absolute Gasteiger partial charge is 0.383 e. The van der Waals surface area contributed by atoms with Crippen molar-refractivity contribution in [3.63, 3.8) is 0 Å². The summed E-state index contributed by atoms with van der Waals surface area (Å²) in [7, 11) is 1.72. The maximum absolute atomic E-state index is 5.60. The molecule has 5 nitrogen and oxygen atoms in total. The van der Waals surface area contributed by atoms with Crippen molar-refractivity contribution < 1.29 is 4.74 Å². The third-order valence-electron chi connectivity index (χ3n) is 3.39. The summed E-state index contributed by atoms with van der Waals surface area (Å²) in [5.74, 6) is 6.34. The number of benzene rings is 1. The molecule has 3 N–H and O–H groups in total. The lowest BCUT2D eigenvalue weighted by atomic mass is 10.1. The number of anilines is 1. The van der Waals surface area contributed by atoms with Gasteiger partial charge in [0.2, 0.25) is 0 Å². The predicted octanol–water partition coefficient (Wildman–Crippen LogP) is 1.99. The smallest absolute Gasteiger partial charge is 0.145 e. The molecule has 0 aliphatic carbocycles. The first-order chi connectivity index (χ1) is 9.78. The Morgan fingerprint density at radius 2 is 2.15 bits per heavy atom. The molecular formula is C15H22N4O. The first kappa shape index (κ1) is 14.7. The second-order valence-corrected chi connectivity index (χ2v) is 4.69. The first-order valence-electron chi connectivity index (χ1n) is 6.85. The topological polar surface area (TPSA) is 63.4 Å². The van der Waals surface area contributed by atoms with Gasteiger partial charge in [0.1, 0.15) is 5.82 Å². The summed E-state index contributed by atoms with van der Waals surface area (Å²) < 4.78 is 5.14. The summed E-state index contributed by atoms with van der Waals surface area (Å²) >= 11 is 0. The lowest BCUT2D eigenvalue weighted by molar-refractivity contribution is 0.147. The molecule has 0 radical (unpaired) electrons. The van der Waals surface area contributed by atoms with E-state index in [1.165, 1.54) is 0 Å². The number of hydrazine groups is 1. The Balaban J connectivity index is 2.27. The maximum Gasteiger partial charge on any atom is 0.145 e. The number of aromatic nitrogens is 1. The summed E-state index contributed by atoms with van der Waals surface area (Å²) in [5.41, 5.74) is 4.75. The average Bonchev–Trinajstić information content (AvgIpc) is 2.50. The molecule has 2 rings (SSSR count). The Kier molecular flexibility index (Phi) is 5.29. The Morgan fingerprint density at radius 3 is 2.85 bits per heavy atom. The Labute approximate surface area is 119 Å². The molecule has 0 unspecified atom stereocenters. The van der Waals surface area contributed by atoms with Gasteiger partial charge in [-0.3, -0.25) is 4.90 Å². The van der Waals surface area contributed by atoms with Crippen LogP contribution in [0, 0.1) is 0 Å². The molecule has 1 heterocycles. The highest BCUT2D eigenvalue weighted by molar-refractivity contribution is 5.81. The van der Waals surface area contributed by atoms with Gasteiger partial charge in [-0.15, -0.1) is 0 Å². The van der Waals surface area contributed by atoms with E-state index in [1.54, 1.807) is 7.11 Å². The molecule has 0 bridgehead atoms. The number of fused-ring (bicyclic) bond motifs is 1. The van der Waals surface area contributed by atoms with E-state index in [9.17, 15) is 0 Å². The predicted molar refractivity (Wildman–Crippen MR) is 82.4 cm³/mol. The fourth-order valence-electron chi connectivity index (χ4n) is 2.22. The zero-order chi connectivity index (χ0) is 14.4. The van der Waals surface area contributed by atoms with Crippen molar-refractivity contribution in [2.45, 2.75) is 13.5 Å². The molecule has 0 saturated carbocycles. The van der Waals surface area contributed by atoms with Crippen LogP contribution in [0.5, 0.6) is 0 Å². The minimum Gasteiger partial charge on any atom is -0.383 e. The zero-order valence-electron chi connectivity index (χ0n) is 12.1. The quantitative estimate of drug-likeness (QED) is 0.597. The molecule has 5 heteroatoms. The van der Waals surface area contributed by atoms with Gasteiger partial charge in [-0.1, -0.05) is 25.1 Å². The highest BCUT2D eigenvalue weighted by Gasteiger charge is 2.10. The number of hydrogen-bond acceptors (Lipinski definition) is 5. The molecule has 2 aromatic rings. The van der Waals surface area contributed by atoms with Gasteiger partial charge < -0.3 is 10.2 Å². The van der Waals surface area contributed by atoms with Crippen LogP contribution in [0.15, 0.2) is 30.3 Å². The van der Waals surface area contributed by atoms with Crippen LogP contribution in [-0.4, -0.2) is 36.7 Å². The summed E-state index contributed by atoms with van der Waals surface area (Å²) in [6, 6.07) is 10.2. The van der Waals surface area contributed by atoms with Crippen molar-refractivity contribution in [3.05, 3.63) is 35.9 Å². The van der Waals surface area contributed by atoms with E-state index in [0.29, 0.717) is 0 Å². The minimum absolute atomic E-state index is 0.722. The lowest BCUT2D eigenvalue weighted by Gasteiger charge is -2.21. The van der Waals surface area contributed by atoms with Gasteiger partial charge in [-0.05, 0) is 18.7 Å². The van der Waals surface area contributed by atoms with Crippen molar-refractivity contribution in [1.29, 1.82) is 0 Å². The highest BCUT2D eigenvalue weighted by atomic mass is 16.5. The van der Waals surface area contributed by atoms with Crippen molar-refractivity contribution in [3.8, 4) is 0 Å². The third kappa shape index (κ3) is 3.45. The molecule has 0 saturated heterocycles.